The van der Waals surface area contributed by atoms with Crippen LogP contribution < -0.4 is 0 Å². The van der Waals surface area contributed by atoms with E-state index in [-0.39, 0.29) is 0 Å². The van der Waals surface area contributed by atoms with Crippen LogP contribution >= 0.6 is 0 Å². The lowest BCUT2D eigenvalue weighted by Gasteiger charge is -2.38. The largest absolute Gasteiger partial charge is 0.418 e. The van der Waals surface area contributed by atoms with Gasteiger partial charge in [-0.25, -0.2) is 9.59 Å². The first-order chi connectivity index (χ1) is 9.53. The van der Waals surface area contributed by atoms with Crippen molar-refractivity contribution in [1.29, 1.82) is 0 Å². The smallest absolute Gasteiger partial charge is 0.333 e. The van der Waals surface area contributed by atoms with Gasteiger partial charge < -0.3 is 18.9 Å². The van der Waals surface area contributed by atoms with E-state index < -0.39 is 23.5 Å². The third-order valence-corrected chi connectivity index (χ3v) is 2.84. The molecule has 0 N–H and O–H groups in total. The molecule has 2 saturated heterocycles. The maximum Gasteiger partial charge on any atom is 0.333 e. The highest BCUT2D eigenvalue weighted by Gasteiger charge is 2.45. The van der Waals surface area contributed by atoms with E-state index in [0.29, 0.717) is 26.1 Å². The van der Waals surface area contributed by atoms with Gasteiger partial charge in [0.25, 0.3) is 11.6 Å². The minimum Gasteiger partial charge on any atom is -0.418 e. The first-order valence-corrected chi connectivity index (χ1v) is 6.06. The molecule has 0 aromatic rings. The van der Waals surface area contributed by atoms with Crippen molar-refractivity contribution in [2.75, 3.05) is 13.2 Å². The van der Waals surface area contributed by atoms with Crippen molar-refractivity contribution in [3.8, 4) is 11.8 Å². The number of carbonyl (C=O) groups is 2. The van der Waals surface area contributed by atoms with Crippen LogP contribution in [0.25, 0.3) is 0 Å². The Bertz CT molecular complexity index is 457. The Labute approximate surface area is 116 Å². The Hall–Kier alpha value is -2.10. The molecule has 2 atom stereocenters. The van der Waals surface area contributed by atoms with Gasteiger partial charge in [0.2, 0.25) is 0 Å². The number of carbonyl (C=O) groups excluding carboxylic acids is 2. The fraction of sp³-hybridized carbons (Fsp3) is 0.429. The molecule has 0 aliphatic carbocycles. The molecule has 0 aromatic heterocycles. The Kier molecular flexibility index (Phi) is 3.93. The second kappa shape index (κ2) is 5.49. The predicted molar refractivity (Wildman–Crippen MR) is 67.0 cm³/mol. The monoisotopic (exact) mass is 278 g/mol. The summed E-state index contributed by atoms with van der Waals surface area (Å²) in [5.41, 5.74) is 0. The third-order valence-electron chi connectivity index (χ3n) is 2.84. The lowest BCUT2D eigenvalue weighted by molar-refractivity contribution is -0.262. The van der Waals surface area contributed by atoms with E-state index in [1.54, 1.807) is 0 Å². The van der Waals surface area contributed by atoms with Crippen LogP contribution in [0, 0.1) is 11.8 Å². The average molecular weight is 278 g/mol. The quantitative estimate of drug-likeness (QED) is 0.428. The average Bonchev–Trinajstić information content (AvgIpc) is 2.37. The van der Waals surface area contributed by atoms with Crippen LogP contribution in [-0.2, 0) is 28.5 Å². The maximum absolute atomic E-state index is 11.2. The van der Waals surface area contributed by atoms with Crippen molar-refractivity contribution in [2.24, 2.45) is 0 Å². The minimum absolute atomic E-state index is 0.430. The third kappa shape index (κ3) is 2.90. The van der Waals surface area contributed by atoms with E-state index in [9.17, 15) is 9.59 Å². The normalized spacial score (nSPS) is 30.6. The lowest BCUT2D eigenvalue weighted by Crippen LogP contribution is -2.49. The molecule has 2 rings (SSSR count). The summed E-state index contributed by atoms with van der Waals surface area (Å²) in [4.78, 5) is 22.5. The van der Waals surface area contributed by atoms with E-state index in [1.165, 1.54) is 0 Å². The molecule has 2 aliphatic heterocycles. The van der Waals surface area contributed by atoms with Gasteiger partial charge in [0.05, 0.1) is 13.2 Å². The molecule has 6 heteroatoms. The first-order valence-electron chi connectivity index (χ1n) is 6.06. The zero-order valence-electron chi connectivity index (χ0n) is 10.8. The molecule has 2 heterocycles. The second-order valence-electron chi connectivity index (χ2n) is 4.20. The van der Waals surface area contributed by atoms with Gasteiger partial charge in [-0.1, -0.05) is 13.2 Å². The van der Waals surface area contributed by atoms with Crippen LogP contribution in [0.1, 0.15) is 12.8 Å². The Balaban J connectivity index is 2.10. The minimum atomic E-state index is -1.31. The molecule has 0 radical (unpaired) electrons. The Morgan fingerprint density at radius 3 is 1.50 bits per heavy atom. The molecule has 2 unspecified atom stereocenters. The number of hydrogen-bond acceptors (Lipinski definition) is 6. The zero-order chi connectivity index (χ0) is 14.6. The number of hydrogen-bond donors (Lipinski definition) is 0. The maximum atomic E-state index is 11.2. The van der Waals surface area contributed by atoms with E-state index in [2.05, 4.69) is 25.0 Å². The molecule has 0 spiro atoms. The number of ether oxygens (including phenoxy) is 4. The van der Waals surface area contributed by atoms with Gasteiger partial charge in [0, 0.05) is 25.0 Å². The summed E-state index contributed by atoms with van der Waals surface area (Å²) in [7, 11) is 0. The molecule has 6 nitrogen and oxygen atoms in total. The van der Waals surface area contributed by atoms with Crippen molar-refractivity contribution in [2.45, 2.75) is 24.4 Å². The van der Waals surface area contributed by atoms with Gasteiger partial charge in [0.15, 0.2) is 0 Å². The summed E-state index contributed by atoms with van der Waals surface area (Å²) in [5.74, 6) is 1.46. The van der Waals surface area contributed by atoms with Gasteiger partial charge in [-0.2, -0.15) is 0 Å². The van der Waals surface area contributed by atoms with Crippen molar-refractivity contribution < 1.29 is 28.5 Å². The summed E-state index contributed by atoms with van der Waals surface area (Å²) < 4.78 is 20.5. The SMILES string of the molecule is C=CC(=O)OC1(C#CC2(OC(=O)C=C)CCO2)CCO1. The number of esters is 2. The van der Waals surface area contributed by atoms with Crippen molar-refractivity contribution in [3.63, 3.8) is 0 Å². The van der Waals surface area contributed by atoms with Crippen molar-refractivity contribution in [3.05, 3.63) is 25.3 Å². The van der Waals surface area contributed by atoms with Gasteiger partial charge in [-0.05, 0) is 11.8 Å². The highest BCUT2D eigenvalue weighted by atomic mass is 16.7. The van der Waals surface area contributed by atoms with E-state index in [0.717, 1.165) is 12.2 Å². The summed E-state index contributed by atoms with van der Waals surface area (Å²) >= 11 is 0. The predicted octanol–water partition coefficient (Wildman–Crippen LogP) is 0.681. The van der Waals surface area contributed by atoms with E-state index >= 15 is 0 Å². The summed E-state index contributed by atoms with van der Waals surface area (Å²) in [6, 6.07) is 0. The van der Waals surface area contributed by atoms with Gasteiger partial charge in [-0.15, -0.1) is 0 Å². The summed E-state index contributed by atoms with van der Waals surface area (Å²) in [6.07, 6.45) is 2.92. The van der Waals surface area contributed by atoms with Gasteiger partial charge in [-0.3, -0.25) is 0 Å². The Morgan fingerprint density at radius 2 is 1.30 bits per heavy atom. The van der Waals surface area contributed by atoms with Crippen LogP contribution in [0.2, 0.25) is 0 Å². The molecular weight excluding hydrogens is 264 g/mol. The molecule has 106 valence electrons. The summed E-state index contributed by atoms with van der Waals surface area (Å²) in [5, 5.41) is 0. The van der Waals surface area contributed by atoms with Crippen LogP contribution in [0.15, 0.2) is 25.3 Å². The van der Waals surface area contributed by atoms with E-state index in [1.807, 2.05) is 0 Å². The van der Waals surface area contributed by atoms with Crippen LogP contribution in [0.4, 0.5) is 0 Å². The molecule has 0 aromatic carbocycles. The highest BCUT2D eigenvalue weighted by Crippen LogP contribution is 2.31. The lowest BCUT2D eigenvalue weighted by atomic mass is 10.1. The second-order valence-corrected chi connectivity index (χ2v) is 4.20. The number of rotatable bonds is 4. The summed E-state index contributed by atoms with van der Waals surface area (Å²) in [6.45, 7) is 7.47. The van der Waals surface area contributed by atoms with Crippen molar-refractivity contribution >= 4 is 11.9 Å². The van der Waals surface area contributed by atoms with Gasteiger partial charge in [0.1, 0.15) is 0 Å². The van der Waals surface area contributed by atoms with Gasteiger partial charge >= 0.3 is 11.9 Å². The first kappa shape index (κ1) is 14.3. The zero-order valence-corrected chi connectivity index (χ0v) is 10.8. The molecule has 0 bridgehead atoms. The fourth-order valence-electron chi connectivity index (χ4n) is 1.58. The fourth-order valence-corrected chi connectivity index (χ4v) is 1.58. The molecule has 0 amide bonds. The molecule has 0 saturated carbocycles. The van der Waals surface area contributed by atoms with Crippen LogP contribution in [0.5, 0.6) is 0 Å². The molecular formula is C14H14O6. The van der Waals surface area contributed by atoms with E-state index in [4.69, 9.17) is 18.9 Å². The van der Waals surface area contributed by atoms with Crippen LogP contribution in [-0.4, -0.2) is 36.7 Å². The van der Waals surface area contributed by atoms with Crippen molar-refractivity contribution in [1.82, 2.24) is 0 Å². The molecule has 20 heavy (non-hydrogen) atoms. The topological polar surface area (TPSA) is 71.1 Å². The van der Waals surface area contributed by atoms with Crippen LogP contribution in [0.3, 0.4) is 0 Å². The highest BCUT2D eigenvalue weighted by molar-refractivity contribution is 5.82. The Morgan fingerprint density at radius 1 is 0.950 bits per heavy atom. The molecule has 2 fully saturated rings. The standard InChI is InChI=1S/C14H14O6/c1-3-11(15)19-13(7-9-17-13)5-6-14(8-10-18-14)20-12(16)4-2/h3-4H,1-2,7-10H2. The molecule has 2 aliphatic rings.